The summed E-state index contributed by atoms with van der Waals surface area (Å²) in [5.74, 6) is 0.539. The predicted molar refractivity (Wildman–Crippen MR) is 64.1 cm³/mol. The van der Waals surface area contributed by atoms with Gasteiger partial charge >= 0.3 is 6.18 Å². The molecular weight excluding hydrogens is 277 g/mol. The number of hydrogen-bond acceptors (Lipinski definition) is 5. The third-order valence-electron chi connectivity index (χ3n) is 2.22. The van der Waals surface area contributed by atoms with Crippen LogP contribution >= 0.6 is 11.5 Å². The van der Waals surface area contributed by atoms with Crippen molar-refractivity contribution in [3.63, 3.8) is 0 Å². The molecule has 0 saturated carbocycles. The minimum Gasteiger partial charge on any atom is -0.330 e. The first kappa shape index (κ1) is 13.3. The van der Waals surface area contributed by atoms with Gasteiger partial charge < -0.3 is 5.32 Å². The van der Waals surface area contributed by atoms with E-state index in [9.17, 15) is 13.2 Å². The number of alkyl halides is 3. The van der Waals surface area contributed by atoms with Gasteiger partial charge in [0.15, 0.2) is 0 Å². The maximum Gasteiger partial charge on any atom is 0.417 e. The second-order valence-corrected chi connectivity index (χ2v) is 4.39. The van der Waals surface area contributed by atoms with Crippen molar-refractivity contribution in [1.82, 2.24) is 9.36 Å². The van der Waals surface area contributed by atoms with Crippen LogP contribution in [0.1, 0.15) is 17.0 Å². The van der Waals surface area contributed by atoms with Gasteiger partial charge in [0, 0.05) is 17.2 Å². The Balaban J connectivity index is 2.36. The van der Waals surface area contributed by atoms with Crippen LogP contribution in [-0.4, -0.2) is 9.36 Å². The molecule has 0 bridgehead atoms. The zero-order valence-electron chi connectivity index (χ0n) is 9.62. The van der Waals surface area contributed by atoms with E-state index in [4.69, 9.17) is 5.26 Å². The lowest BCUT2D eigenvalue weighted by Gasteiger charge is -2.10. The number of benzene rings is 1. The number of aryl methyl sites for hydroxylation is 1. The summed E-state index contributed by atoms with van der Waals surface area (Å²) in [6.07, 6.45) is -4.57. The fraction of sp³-hybridized carbons (Fsp3) is 0.182. The Labute approximate surface area is 110 Å². The molecule has 0 atom stereocenters. The third-order valence-corrected chi connectivity index (χ3v) is 2.95. The summed E-state index contributed by atoms with van der Waals surface area (Å²) in [5.41, 5.74) is -1.17. The van der Waals surface area contributed by atoms with Crippen molar-refractivity contribution >= 4 is 22.4 Å². The highest BCUT2D eigenvalue weighted by atomic mass is 32.1. The van der Waals surface area contributed by atoms with Gasteiger partial charge in [0.25, 0.3) is 0 Å². The number of halogens is 3. The SMILES string of the molecule is Cc1nsc(Nc2ccc(C#N)c(C(F)(F)F)c2)n1. The number of aromatic nitrogens is 2. The topological polar surface area (TPSA) is 61.6 Å². The Morgan fingerprint density at radius 2 is 2.11 bits per heavy atom. The monoisotopic (exact) mass is 284 g/mol. The molecule has 98 valence electrons. The number of nitrogens with one attached hydrogen (secondary N) is 1. The summed E-state index contributed by atoms with van der Waals surface area (Å²) < 4.78 is 42.2. The van der Waals surface area contributed by atoms with Crippen molar-refractivity contribution in [3.05, 3.63) is 35.2 Å². The fourth-order valence-corrected chi connectivity index (χ4v) is 2.02. The quantitative estimate of drug-likeness (QED) is 0.917. The summed E-state index contributed by atoms with van der Waals surface area (Å²) in [4.78, 5) is 3.99. The number of hydrogen-bond donors (Lipinski definition) is 1. The molecule has 0 aliphatic carbocycles. The molecule has 0 fully saturated rings. The van der Waals surface area contributed by atoms with Crippen LogP contribution in [0.4, 0.5) is 24.0 Å². The Kier molecular flexibility index (Phi) is 3.40. The molecule has 1 aromatic carbocycles. The van der Waals surface area contributed by atoms with Crippen LogP contribution in [0.2, 0.25) is 0 Å². The Hall–Kier alpha value is -2.14. The molecule has 0 aliphatic rings. The van der Waals surface area contributed by atoms with E-state index in [2.05, 4.69) is 14.7 Å². The maximum absolute atomic E-state index is 12.8. The lowest BCUT2D eigenvalue weighted by Crippen LogP contribution is -2.08. The van der Waals surface area contributed by atoms with Gasteiger partial charge in [-0.25, -0.2) is 4.98 Å². The van der Waals surface area contributed by atoms with Crippen molar-refractivity contribution in [2.75, 3.05) is 5.32 Å². The smallest absolute Gasteiger partial charge is 0.330 e. The van der Waals surface area contributed by atoms with Gasteiger partial charge in [-0.1, -0.05) is 0 Å². The standard InChI is InChI=1S/C11H7F3N4S/c1-6-16-10(19-18-6)17-8-3-2-7(5-15)9(4-8)11(12,13)14/h2-4H,1H3,(H,16,17,18). The number of rotatable bonds is 2. The Bertz CT molecular complexity index is 642. The Morgan fingerprint density at radius 3 is 2.63 bits per heavy atom. The number of nitrogens with zero attached hydrogens (tertiary/aromatic N) is 3. The Morgan fingerprint density at radius 1 is 1.37 bits per heavy atom. The average molecular weight is 284 g/mol. The molecule has 1 N–H and O–H groups in total. The van der Waals surface area contributed by atoms with Crippen LogP contribution in [0.5, 0.6) is 0 Å². The van der Waals surface area contributed by atoms with E-state index in [-0.39, 0.29) is 5.69 Å². The molecule has 1 heterocycles. The summed E-state index contributed by atoms with van der Waals surface area (Å²) >= 11 is 1.05. The first-order chi connectivity index (χ1) is 8.90. The summed E-state index contributed by atoms with van der Waals surface area (Å²) in [6, 6.07) is 4.93. The van der Waals surface area contributed by atoms with Crippen molar-refractivity contribution in [2.24, 2.45) is 0 Å². The van der Waals surface area contributed by atoms with Crippen molar-refractivity contribution in [2.45, 2.75) is 13.1 Å². The molecule has 0 amide bonds. The van der Waals surface area contributed by atoms with E-state index in [1.54, 1.807) is 6.92 Å². The predicted octanol–water partition coefficient (Wildman–Crippen LogP) is 3.48. The van der Waals surface area contributed by atoms with Crippen LogP contribution in [0.25, 0.3) is 0 Å². The normalized spacial score (nSPS) is 11.1. The first-order valence-corrected chi connectivity index (χ1v) is 5.86. The van der Waals surface area contributed by atoms with Gasteiger partial charge in [0.2, 0.25) is 5.13 Å². The average Bonchev–Trinajstić information content (AvgIpc) is 2.73. The number of anilines is 2. The molecule has 4 nitrogen and oxygen atoms in total. The highest BCUT2D eigenvalue weighted by molar-refractivity contribution is 7.09. The fourth-order valence-electron chi connectivity index (χ4n) is 1.43. The minimum absolute atomic E-state index is 0.211. The molecular formula is C11H7F3N4S. The molecule has 8 heteroatoms. The largest absolute Gasteiger partial charge is 0.417 e. The van der Waals surface area contributed by atoms with E-state index < -0.39 is 17.3 Å². The molecule has 2 rings (SSSR count). The molecule has 0 radical (unpaired) electrons. The van der Waals surface area contributed by atoms with Crippen LogP contribution in [-0.2, 0) is 6.18 Å². The second-order valence-electron chi connectivity index (χ2n) is 3.64. The van der Waals surface area contributed by atoms with Crippen LogP contribution in [0.3, 0.4) is 0 Å². The molecule has 0 spiro atoms. The van der Waals surface area contributed by atoms with Crippen LogP contribution < -0.4 is 5.32 Å². The van der Waals surface area contributed by atoms with Gasteiger partial charge in [-0.05, 0) is 25.1 Å². The van der Waals surface area contributed by atoms with Gasteiger partial charge in [0.05, 0.1) is 17.2 Å². The first-order valence-electron chi connectivity index (χ1n) is 5.09. The van der Waals surface area contributed by atoms with E-state index >= 15 is 0 Å². The zero-order chi connectivity index (χ0) is 14.0. The molecule has 0 unspecified atom stereocenters. The summed E-state index contributed by atoms with van der Waals surface area (Å²) in [5, 5.41) is 11.8. The van der Waals surface area contributed by atoms with Gasteiger partial charge in [-0.15, -0.1) is 0 Å². The number of nitriles is 1. The van der Waals surface area contributed by atoms with Gasteiger partial charge in [-0.2, -0.15) is 22.8 Å². The molecule has 0 saturated heterocycles. The van der Waals surface area contributed by atoms with Crippen LogP contribution in [0.15, 0.2) is 18.2 Å². The molecule has 1 aromatic heterocycles. The highest BCUT2D eigenvalue weighted by Gasteiger charge is 2.33. The van der Waals surface area contributed by atoms with Crippen molar-refractivity contribution < 1.29 is 13.2 Å². The zero-order valence-corrected chi connectivity index (χ0v) is 10.4. The molecule has 0 aliphatic heterocycles. The third kappa shape index (κ3) is 3.00. The highest BCUT2D eigenvalue weighted by Crippen LogP contribution is 2.34. The van der Waals surface area contributed by atoms with Gasteiger partial charge in [0.1, 0.15) is 5.82 Å². The van der Waals surface area contributed by atoms with E-state index in [1.165, 1.54) is 12.1 Å². The lowest BCUT2D eigenvalue weighted by atomic mass is 10.1. The van der Waals surface area contributed by atoms with Crippen molar-refractivity contribution in [3.8, 4) is 6.07 Å². The van der Waals surface area contributed by atoms with E-state index in [0.717, 1.165) is 23.7 Å². The van der Waals surface area contributed by atoms with E-state index in [1.807, 2.05) is 0 Å². The van der Waals surface area contributed by atoms with Crippen molar-refractivity contribution in [1.29, 1.82) is 5.26 Å². The second kappa shape index (κ2) is 4.85. The molecule has 2 aromatic rings. The van der Waals surface area contributed by atoms with Crippen LogP contribution in [0, 0.1) is 18.3 Å². The van der Waals surface area contributed by atoms with E-state index in [0.29, 0.717) is 11.0 Å². The van der Waals surface area contributed by atoms with Gasteiger partial charge in [-0.3, -0.25) is 0 Å². The molecule has 19 heavy (non-hydrogen) atoms. The lowest BCUT2D eigenvalue weighted by molar-refractivity contribution is -0.137. The summed E-state index contributed by atoms with van der Waals surface area (Å²) in [7, 11) is 0. The minimum atomic E-state index is -4.57. The summed E-state index contributed by atoms with van der Waals surface area (Å²) in [6.45, 7) is 1.68. The maximum atomic E-state index is 12.8.